The van der Waals surface area contributed by atoms with Crippen molar-refractivity contribution in [1.29, 1.82) is 0 Å². The Morgan fingerprint density at radius 3 is 2.56 bits per heavy atom. The topological polar surface area (TPSA) is 92.3 Å². The number of nitrogens with zero attached hydrogens (tertiary/aromatic N) is 3. The first kappa shape index (κ1) is 23.9. The molecule has 0 saturated carbocycles. The van der Waals surface area contributed by atoms with Crippen LogP contribution < -0.4 is 9.62 Å². The second kappa shape index (κ2) is 9.67. The third-order valence-corrected chi connectivity index (χ3v) is 8.05. The molecule has 0 unspecified atom stereocenters. The van der Waals surface area contributed by atoms with Crippen LogP contribution in [0.4, 0.5) is 20.2 Å². The predicted molar refractivity (Wildman–Crippen MR) is 133 cm³/mol. The first-order valence-corrected chi connectivity index (χ1v) is 13.2. The first-order valence-electron chi connectivity index (χ1n) is 10.7. The Kier molecular flexibility index (Phi) is 6.42. The highest BCUT2D eigenvalue weighted by atomic mass is 32.2. The second-order valence-electron chi connectivity index (χ2n) is 7.84. The van der Waals surface area contributed by atoms with E-state index < -0.39 is 27.6 Å². The molecule has 0 radical (unpaired) electrons. The van der Waals surface area contributed by atoms with Gasteiger partial charge in [-0.1, -0.05) is 60.3 Å². The number of benzene rings is 3. The van der Waals surface area contributed by atoms with Crippen molar-refractivity contribution in [2.24, 2.45) is 0 Å². The number of fused-ring (bicyclic) bond motifs is 3. The fraction of sp³-hybridized carbons (Fsp3) is 0.0800. The van der Waals surface area contributed by atoms with Crippen LogP contribution >= 0.6 is 11.8 Å². The minimum absolute atomic E-state index is 0.0345. The zero-order valence-corrected chi connectivity index (χ0v) is 20.2. The van der Waals surface area contributed by atoms with Crippen LogP contribution in [0.1, 0.15) is 5.56 Å². The average Bonchev–Trinajstić information content (AvgIpc) is 2.88. The molecule has 36 heavy (non-hydrogen) atoms. The third kappa shape index (κ3) is 4.67. The van der Waals surface area contributed by atoms with Crippen LogP contribution in [-0.2, 0) is 21.4 Å². The molecule has 2 heterocycles. The molecule has 1 aliphatic heterocycles. The fourth-order valence-electron chi connectivity index (χ4n) is 3.77. The number of nitrogens with one attached hydrogen (secondary N) is 1. The smallest absolute Gasteiger partial charge is 0.268 e. The van der Waals surface area contributed by atoms with Gasteiger partial charge in [0.25, 0.3) is 10.0 Å². The Hall–Kier alpha value is -3.83. The van der Waals surface area contributed by atoms with Gasteiger partial charge >= 0.3 is 0 Å². The molecule has 0 fully saturated rings. The molecule has 3 aromatic carbocycles. The monoisotopic (exact) mass is 524 g/mol. The van der Waals surface area contributed by atoms with E-state index in [1.54, 1.807) is 24.3 Å². The molecular weight excluding hydrogens is 506 g/mol. The number of hydrogen-bond acceptors (Lipinski definition) is 6. The van der Waals surface area contributed by atoms with Crippen molar-refractivity contribution in [3.63, 3.8) is 0 Å². The van der Waals surface area contributed by atoms with E-state index in [-0.39, 0.29) is 33.7 Å². The summed E-state index contributed by atoms with van der Waals surface area (Å²) in [5.41, 5.74) is 1.90. The molecule has 1 amide bonds. The lowest BCUT2D eigenvalue weighted by atomic mass is 10.1. The van der Waals surface area contributed by atoms with Gasteiger partial charge in [-0.3, -0.25) is 9.10 Å². The van der Waals surface area contributed by atoms with E-state index in [2.05, 4.69) is 15.3 Å². The second-order valence-corrected chi connectivity index (χ2v) is 10.6. The summed E-state index contributed by atoms with van der Waals surface area (Å²) in [6.45, 7) is 0.146. The number of amides is 1. The maximum absolute atomic E-state index is 13.8. The molecule has 1 aromatic heterocycles. The summed E-state index contributed by atoms with van der Waals surface area (Å²) >= 11 is 0.950. The molecule has 0 bridgehead atoms. The van der Waals surface area contributed by atoms with Crippen LogP contribution in [-0.4, -0.2) is 30.0 Å². The highest BCUT2D eigenvalue weighted by Crippen LogP contribution is 2.42. The summed E-state index contributed by atoms with van der Waals surface area (Å²) < 4.78 is 55.5. The lowest BCUT2D eigenvalue weighted by Gasteiger charge is -2.31. The van der Waals surface area contributed by atoms with Gasteiger partial charge in [-0.15, -0.1) is 0 Å². The summed E-state index contributed by atoms with van der Waals surface area (Å²) in [6, 6.07) is 19.0. The molecule has 182 valence electrons. The molecule has 1 N–H and O–H groups in total. The van der Waals surface area contributed by atoms with Gasteiger partial charge in [-0.25, -0.2) is 27.2 Å². The van der Waals surface area contributed by atoms with Crippen LogP contribution in [0.15, 0.2) is 89.0 Å². The van der Waals surface area contributed by atoms with E-state index in [1.807, 2.05) is 30.3 Å². The number of hydrogen-bond donors (Lipinski definition) is 1. The minimum Gasteiger partial charge on any atom is -0.323 e. The molecule has 0 atom stereocenters. The number of halogens is 2. The number of sulfonamides is 1. The molecule has 7 nitrogen and oxygen atoms in total. The average molecular weight is 525 g/mol. The molecule has 0 spiro atoms. The fourth-order valence-corrected chi connectivity index (χ4v) is 5.95. The maximum atomic E-state index is 13.8. The Bertz CT molecular complexity index is 1570. The molecule has 4 aromatic rings. The van der Waals surface area contributed by atoms with Crippen molar-refractivity contribution in [2.45, 2.75) is 16.6 Å². The van der Waals surface area contributed by atoms with Gasteiger partial charge in [-0.2, -0.15) is 0 Å². The number of carbonyl (C=O) groups is 1. The molecule has 5 rings (SSSR count). The summed E-state index contributed by atoms with van der Waals surface area (Å²) in [5.74, 6) is -2.23. The Balaban J connectivity index is 1.41. The SMILES string of the molecule is O=C(CSc1ncc2c(n1)-c1ccccc1N(Cc1ccccc1)S2(=O)=O)Nc1cc(F)ccc1F. The van der Waals surface area contributed by atoms with E-state index in [0.717, 1.165) is 35.5 Å². The zero-order valence-electron chi connectivity index (χ0n) is 18.6. The standard InChI is InChI=1S/C25H18F2N4O3S2/c26-17-10-11-19(27)20(12-17)29-23(32)15-35-25-28-13-22-24(30-25)18-8-4-5-9-21(18)31(36(22,33)34)14-16-6-2-1-3-7-16/h1-13H,14-15H2,(H,29,32). The molecular formula is C25H18F2N4O3S2. The van der Waals surface area contributed by atoms with Crippen molar-refractivity contribution in [3.8, 4) is 11.3 Å². The van der Waals surface area contributed by atoms with Crippen molar-refractivity contribution >= 4 is 39.1 Å². The van der Waals surface area contributed by atoms with Gasteiger partial charge in [0.05, 0.1) is 35.6 Å². The lowest BCUT2D eigenvalue weighted by Crippen LogP contribution is -2.34. The first-order chi connectivity index (χ1) is 17.3. The molecule has 1 aliphatic rings. The van der Waals surface area contributed by atoms with Crippen molar-refractivity contribution < 1.29 is 22.0 Å². The van der Waals surface area contributed by atoms with Crippen molar-refractivity contribution in [3.05, 3.63) is 96.2 Å². The quantitative estimate of drug-likeness (QED) is 0.286. The van der Waals surface area contributed by atoms with Crippen molar-refractivity contribution in [2.75, 3.05) is 15.4 Å². The third-order valence-electron chi connectivity index (χ3n) is 5.43. The van der Waals surface area contributed by atoms with Gasteiger partial charge in [-0.05, 0) is 23.8 Å². The van der Waals surface area contributed by atoms with Gasteiger partial charge in [0.1, 0.15) is 16.5 Å². The summed E-state index contributed by atoms with van der Waals surface area (Å²) in [6.07, 6.45) is 1.23. The Morgan fingerprint density at radius 1 is 1.00 bits per heavy atom. The van der Waals surface area contributed by atoms with Crippen LogP contribution in [0.5, 0.6) is 0 Å². The summed E-state index contributed by atoms with van der Waals surface area (Å²) in [7, 11) is -3.95. The van der Waals surface area contributed by atoms with Gasteiger partial charge in [0.2, 0.25) is 5.91 Å². The number of rotatable bonds is 6. The van der Waals surface area contributed by atoms with Crippen LogP contribution in [0, 0.1) is 11.6 Å². The maximum Gasteiger partial charge on any atom is 0.268 e. The van der Waals surface area contributed by atoms with Crippen LogP contribution in [0.2, 0.25) is 0 Å². The van der Waals surface area contributed by atoms with Gasteiger partial charge < -0.3 is 5.32 Å². The molecule has 0 aliphatic carbocycles. The zero-order chi connectivity index (χ0) is 25.3. The lowest BCUT2D eigenvalue weighted by molar-refractivity contribution is -0.113. The molecule has 11 heteroatoms. The Morgan fingerprint density at radius 2 is 1.75 bits per heavy atom. The largest absolute Gasteiger partial charge is 0.323 e. The van der Waals surface area contributed by atoms with Gasteiger partial charge in [0, 0.05) is 11.6 Å². The minimum atomic E-state index is -3.95. The normalized spacial score (nSPS) is 13.6. The highest BCUT2D eigenvalue weighted by Gasteiger charge is 2.36. The predicted octanol–water partition coefficient (Wildman–Crippen LogP) is 4.86. The summed E-state index contributed by atoms with van der Waals surface area (Å²) in [4.78, 5) is 20.8. The van der Waals surface area contributed by atoms with E-state index >= 15 is 0 Å². The van der Waals surface area contributed by atoms with Crippen molar-refractivity contribution in [1.82, 2.24) is 9.97 Å². The highest BCUT2D eigenvalue weighted by molar-refractivity contribution is 7.99. The van der Waals surface area contributed by atoms with E-state index in [9.17, 15) is 22.0 Å². The Labute approximate surface area is 210 Å². The number of aromatic nitrogens is 2. The van der Waals surface area contributed by atoms with Crippen LogP contribution in [0.3, 0.4) is 0 Å². The van der Waals surface area contributed by atoms with E-state index in [0.29, 0.717) is 11.3 Å². The van der Waals surface area contributed by atoms with E-state index in [1.165, 1.54) is 10.5 Å². The van der Waals surface area contributed by atoms with Gasteiger partial charge in [0.15, 0.2) is 5.16 Å². The van der Waals surface area contributed by atoms with E-state index in [4.69, 9.17) is 0 Å². The number of carbonyl (C=O) groups excluding carboxylic acids is 1. The van der Waals surface area contributed by atoms with Crippen LogP contribution in [0.25, 0.3) is 11.3 Å². The number of thioether (sulfide) groups is 1. The summed E-state index contributed by atoms with van der Waals surface area (Å²) in [5, 5.41) is 2.48. The number of anilines is 2. The molecule has 0 saturated heterocycles. The number of para-hydroxylation sites is 1.